The monoisotopic (exact) mass is 759 g/mol. The van der Waals surface area contributed by atoms with Crippen molar-refractivity contribution in [3.05, 3.63) is 92.8 Å². The van der Waals surface area contributed by atoms with Gasteiger partial charge in [0.25, 0.3) is 0 Å². The number of pyridine rings is 1. The summed E-state index contributed by atoms with van der Waals surface area (Å²) in [6.45, 7) is 10.8. The fraction of sp³-hybridized carbons (Fsp3) is 0.595. The van der Waals surface area contributed by atoms with Gasteiger partial charge in [-0.2, -0.15) is 13.2 Å². The van der Waals surface area contributed by atoms with Crippen LogP contribution < -0.4 is 0 Å². The van der Waals surface area contributed by atoms with Crippen molar-refractivity contribution in [2.45, 2.75) is 134 Å². The van der Waals surface area contributed by atoms with Gasteiger partial charge in [0, 0.05) is 66.7 Å². The van der Waals surface area contributed by atoms with Crippen molar-refractivity contribution in [1.82, 2.24) is 9.88 Å². The van der Waals surface area contributed by atoms with Crippen LogP contribution in [0.25, 0.3) is 0 Å². The predicted octanol–water partition coefficient (Wildman–Crippen LogP) is 10.2. The van der Waals surface area contributed by atoms with Crippen molar-refractivity contribution in [2.75, 3.05) is 19.7 Å². The van der Waals surface area contributed by atoms with Gasteiger partial charge in [0.1, 0.15) is 11.6 Å². The van der Waals surface area contributed by atoms with Crippen LogP contribution in [-0.4, -0.2) is 57.2 Å². The van der Waals surface area contributed by atoms with Crippen molar-refractivity contribution >= 4 is 5.84 Å². The molecule has 1 unspecified atom stereocenters. The molecular weight excluding hydrogens is 708 g/mol. The fourth-order valence-electron chi connectivity index (χ4n) is 8.40. The molecular formula is C42H51F6N3O3. The zero-order valence-corrected chi connectivity index (χ0v) is 31.7. The number of nitrogens with zero attached hydrogens (tertiary/aromatic N) is 3. The standard InChI is InChI=1S/C42H51F6N3O3/c1-25-6-11-30(54-21-18-40(4,5)53)24-49-38(25)51-19-14-28(15-20-51)37-35(36(43)27-7-9-29(10-8-27)42(46,47)48)33(26-12-16-41(44,45)17-13-26)34-31(50-37)22-39(2,3)23-32(34)52/h7-11,24,26,28,32,36,52-53H,12-23H2,1-5H3/t32?,36-/m0/s1. The minimum Gasteiger partial charge on any atom is -0.491 e. The topological polar surface area (TPSA) is 78.2 Å². The summed E-state index contributed by atoms with van der Waals surface area (Å²) in [5.74, 6) is -2.33. The van der Waals surface area contributed by atoms with E-state index in [1.807, 2.05) is 20.8 Å². The molecule has 2 N–H and O–H groups in total. The number of fused-ring (bicyclic) bond motifs is 1. The van der Waals surface area contributed by atoms with E-state index in [9.17, 15) is 32.2 Å². The molecule has 2 aliphatic heterocycles. The molecule has 3 heterocycles. The number of hydrogen-bond acceptors (Lipinski definition) is 6. The van der Waals surface area contributed by atoms with Gasteiger partial charge in [-0.1, -0.05) is 26.0 Å². The summed E-state index contributed by atoms with van der Waals surface area (Å²) in [6, 6.07) is 4.00. The smallest absolute Gasteiger partial charge is 0.416 e. The molecule has 1 aromatic heterocycles. The van der Waals surface area contributed by atoms with Crippen LogP contribution in [-0.2, 0) is 17.3 Å². The SMILES string of the molecule is CC1=C=CC(OCCC(C)(C)O)=CN=C1N1CCC(c2nc3c(c(C4CCC(F)(F)CC4)c2[C@@H](F)c2ccc(C(F)(F)F)cc2)C(O)CC(C)(C)C3)CC1. The normalized spacial score (nSPS) is 22.9. The van der Waals surface area contributed by atoms with Gasteiger partial charge in [0.15, 0.2) is 6.17 Å². The van der Waals surface area contributed by atoms with Crippen LogP contribution in [0.15, 0.2) is 58.6 Å². The Labute approximate surface area is 313 Å². The number of aliphatic imine (C=N–C) groups is 1. The van der Waals surface area contributed by atoms with Gasteiger partial charge in [-0.15, -0.1) is 5.73 Å². The van der Waals surface area contributed by atoms with E-state index >= 15 is 4.39 Å². The van der Waals surface area contributed by atoms with Crippen molar-refractivity contribution in [3.63, 3.8) is 0 Å². The molecule has 2 aliphatic carbocycles. The van der Waals surface area contributed by atoms with E-state index in [1.54, 1.807) is 26.1 Å². The molecule has 0 radical (unpaired) electrons. The number of benzene rings is 1. The van der Waals surface area contributed by atoms with Crippen LogP contribution in [0.4, 0.5) is 26.3 Å². The van der Waals surface area contributed by atoms with Gasteiger partial charge in [0.05, 0.1) is 35.8 Å². The summed E-state index contributed by atoms with van der Waals surface area (Å²) in [5.41, 5.74) is 4.34. The van der Waals surface area contributed by atoms with Crippen LogP contribution in [0.5, 0.6) is 0 Å². The zero-order chi connectivity index (χ0) is 39.2. The van der Waals surface area contributed by atoms with Crippen LogP contribution in [0.2, 0.25) is 0 Å². The number of aliphatic hydroxyl groups excluding tert-OH is 1. The number of amidine groups is 1. The zero-order valence-electron chi connectivity index (χ0n) is 31.7. The quantitative estimate of drug-likeness (QED) is 0.207. The largest absolute Gasteiger partial charge is 0.491 e. The third-order valence-electron chi connectivity index (χ3n) is 11.3. The maximum atomic E-state index is 17.4. The first-order valence-corrected chi connectivity index (χ1v) is 19.0. The number of allylic oxidation sites excluding steroid dienone is 1. The fourth-order valence-corrected chi connectivity index (χ4v) is 8.40. The maximum absolute atomic E-state index is 17.4. The number of halogens is 6. The minimum absolute atomic E-state index is 0.0178. The Bertz CT molecular complexity index is 1820. The van der Waals surface area contributed by atoms with Crippen molar-refractivity contribution in [2.24, 2.45) is 10.4 Å². The lowest BCUT2D eigenvalue weighted by Gasteiger charge is -2.41. The third-order valence-corrected chi connectivity index (χ3v) is 11.3. The molecule has 6 nitrogen and oxygen atoms in total. The molecule has 0 amide bonds. The second-order valence-electron chi connectivity index (χ2n) is 16.9. The van der Waals surface area contributed by atoms with Crippen LogP contribution >= 0.6 is 0 Å². The number of likely N-dealkylation sites (tertiary alicyclic amines) is 1. The molecule has 6 rings (SSSR count). The number of ether oxygens (including phenoxy) is 1. The molecule has 4 aliphatic rings. The summed E-state index contributed by atoms with van der Waals surface area (Å²) >= 11 is 0. The number of alkyl halides is 6. The second kappa shape index (κ2) is 15.1. The molecule has 294 valence electrons. The van der Waals surface area contributed by atoms with E-state index in [4.69, 9.17) is 14.7 Å². The van der Waals surface area contributed by atoms with Gasteiger partial charge in [-0.25, -0.2) is 18.2 Å². The highest BCUT2D eigenvalue weighted by atomic mass is 19.4. The van der Waals surface area contributed by atoms with E-state index in [0.29, 0.717) is 85.9 Å². The Hall–Kier alpha value is -3.60. The van der Waals surface area contributed by atoms with Gasteiger partial charge in [-0.05, 0) is 93.9 Å². The Balaban J connectivity index is 1.38. The first-order valence-electron chi connectivity index (χ1n) is 19.0. The van der Waals surface area contributed by atoms with Crippen molar-refractivity contribution in [3.8, 4) is 0 Å². The third kappa shape index (κ3) is 9.09. The number of aliphatic hydroxyl groups is 2. The second-order valence-corrected chi connectivity index (χ2v) is 16.9. The minimum atomic E-state index is -4.60. The molecule has 0 bridgehead atoms. The van der Waals surface area contributed by atoms with E-state index < -0.39 is 41.5 Å². The number of piperidine rings is 1. The average molecular weight is 760 g/mol. The number of aromatic nitrogens is 1. The Kier molecular flexibility index (Phi) is 11.2. The van der Waals surface area contributed by atoms with Gasteiger partial charge in [0.2, 0.25) is 5.92 Å². The molecule has 1 saturated heterocycles. The molecule has 1 aromatic carbocycles. The first kappa shape index (κ1) is 40.1. The molecule has 2 atom stereocenters. The lowest BCUT2D eigenvalue weighted by Crippen LogP contribution is -2.39. The molecule has 2 fully saturated rings. The lowest BCUT2D eigenvalue weighted by molar-refractivity contribution is -0.137. The predicted molar refractivity (Wildman–Crippen MR) is 195 cm³/mol. The highest BCUT2D eigenvalue weighted by molar-refractivity contribution is 5.98. The summed E-state index contributed by atoms with van der Waals surface area (Å²) in [6.07, 6.45) is -2.23. The Morgan fingerprint density at radius 1 is 1.00 bits per heavy atom. The molecule has 12 heteroatoms. The molecule has 1 saturated carbocycles. The van der Waals surface area contributed by atoms with E-state index in [2.05, 4.69) is 10.6 Å². The van der Waals surface area contributed by atoms with Gasteiger partial charge < -0.3 is 19.8 Å². The molecule has 54 heavy (non-hydrogen) atoms. The van der Waals surface area contributed by atoms with E-state index in [1.165, 1.54) is 0 Å². The highest BCUT2D eigenvalue weighted by Crippen LogP contribution is 2.52. The van der Waals surface area contributed by atoms with Crippen LogP contribution in [0.3, 0.4) is 0 Å². The Morgan fingerprint density at radius 3 is 2.26 bits per heavy atom. The molecule has 0 spiro atoms. The average Bonchev–Trinajstić information content (AvgIpc) is 3.26. The Morgan fingerprint density at radius 2 is 1.65 bits per heavy atom. The summed E-state index contributed by atoms with van der Waals surface area (Å²) in [4.78, 5) is 12.0. The maximum Gasteiger partial charge on any atom is 0.416 e. The van der Waals surface area contributed by atoms with Gasteiger partial charge in [-0.3, -0.25) is 4.98 Å². The lowest BCUT2D eigenvalue weighted by atomic mass is 9.68. The van der Waals surface area contributed by atoms with E-state index in [-0.39, 0.29) is 48.1 Å². The first-order chi connectivity index (χ1) is 25.2. The number of rotatable bonds is 8. The van der Waals surface area contributed by atoms with Crippen LogP contribution in [0.1, 0.15) is 149 Å². The van der Waals surface area contributed by atoms with Gasteiger partial charge >= 0.3 is 6.18 Å². The summed E-state index contributed by atoms with van der Waals surface area (Å²) in [5, 5.41) is 21.7. The van der Waals surface area contributed by atoms with Crippen molar-refractivity contribution in [1.29, 1.82) is 0 Å². The van der Waals surface area contributed by atoms with Crippen LogP contribution in [0, 0.1) is 5.41 Å². The number of hydrogen-bond donors (Lipinski definition) is 2. The summed E-state index contributed by atoms with van der Waals surface area (Å²) < 4.78 is 92.8. The molecule has 2 aromatic rings. The highest BCUT2D eigenvalue weighted by Gasteiger charge is 2.44. The van der Waals surface area contributed by atoms with Crippen molar-refractivity contribution < 1.29 is 41.3 Å². The summed E-state index contributed by atoms with van der Waals surface area (Å²) in [7, 11) is 0. The van der Waals surface area contributed by atoms with E-state index in [0.717, 1.165) is 29.8 Å².